The molecule has 0 aromatic carbocycles. The number of thiophene rings is 1. The van der Waals surface area contributed by atoms with E-state index < -0.39 is 22.7 Å². The quantitative estimate of drug-likeness (QED) is 0.702. The molecule has 0 saturated carbocycles. The predicted octanol–water partition coefficient (Wildman–Crippen LogP) is 0.900. The van der Waals surface area contributed by atoms with Gasteiger partial charge in [0.25, 0.3) is 5.56 Å². The van der Waals surface area contributed by atoms with E-state index in [2.05, 4.69) is 20.5 Å². The monoisotopic (exact) mass is 376 g/mol. The summed E-state index contributed by atoms with van der Waals surface area (Å²) in [5.41, 5.74) is -1.84. The summed E-state index contributed by atoms with van der Waals surface area (Å²) in [6.07, 6.45) is 3.06. The van der Waals surface area contributed by atoms with Crippen molar-refractivity contribution in [2.24, 2.45) is 0 Å². The van der Waals surface area contributed by atoms with Crippen molar-refractivity contribution in [1.29, 1.82) is 0 Å². The van der Waals surface area contributed by atoms with Crippen LogP contribution in [0.1, 0.15) is 33.3 Å². The number of nitrogens with zero attached hydrogens (tertiary/aromatic N) is 4. The van der Waals surface area contributed by atoms with E-state index >= 15 is 0 Å². The van der Waals surface area contributed by atoms with Crippen molar-refractivity contribution in [1.82, 2.24) is 29.9 Å². The zero-order valence-corrected chi connectivity index (χ0v) is 16.0. The van der Waals surface area contributed by atoms with Crippen LogP contribution in [-0.4, -0.2) is 36.5 Å². The minimum absolute atomic E-state index is 0.110. The highest BCUT2D eigenvalue weighted by Crippen LogP contribution is 2.29. The maximum atomic E-state index is 13.1. The van der Waals surface area contributed by atoms with E-state index in [4.69, 9.17) is 0 Å². The van der Waals surface area contributed by atoms with Gasteiger partial charge in [-0.15, -0.1) is 4.80 Å². The topological polar surface area (TPSA) is 115 Å². The number of H-pyrrole nitrogens is 1. The molecule has 3 rings (SSSR count). The van der Waals surface area contributed by atoms with Crippen LogP contribution in [0.3, 0.4) is 0 Å². The van der Waals surface area contributed by atoms with Crippen LogP contribution in [0.5, 0.6) is 0 Å². The summed E-state index contributed by atoms with van der Waals surface area (Å²) >= 11 is 1.22. The normalized spacial score (nSPS) is 12.1. The van der Waals surface area contributed by atoms with Gasteiger partial charge in [0.2, 0.25) is 5.91 Å². The average molecular weight is 376 g/mol. The Hall–Kier alpha value is -2.75. The Labute approximate surface area is 152 Å². The molecule has 0 spiro atoms. The number of rotatable bonds is 4. The number of aryl methyl sites for hydroxylation is 1. The zero-order chi connectivity index (χ0) is 19.2. The first kappa shape index (κ1) is 18.1. The number of carbonyl (C=O) groups excluding carboxylic acids is 1. The molecular formula is C16H20N6O3S. The van der Waals surface area contributed by atoms with Gasteiger partial charge in [-0.1, -0.05) is 11.3 Å². The molecule has 2 N–H and O–H groups in total. The smallest absolute Gasteiger partial charge is 0.330 e. The van der Waals surface area contributed by atoms with Gasteiger partial charge in [0.1, 0.15) is 15.4 Å². The van der Waals surface area contributed by atoms with Gasteiger partial charge in [-0.25, -0.2) is 9.36 Å². The van der Waals surface area contributed by atoms with E-state index in [9.17, 15) is 14.4 Å². The van der Waals surface area contributed by atoms with Crippen LogP contribution in [-0.2, 0) is 10.3 Å². The van der Waals surface area contributed by atoms with Gasteiger partial charge in [-0.3, -0.25) is 14.6 Å². The first-order valence-electron chi connectivity index (χ1n) is 8.11. The van der Waals surface area contributed by atoms with Gasteiger partial charge in [0, 0.05) is 11.6 Å². The third-order valence-electron chi connectivity index (χ3n) is 4.10. The summed E-state index contributed by atoms with van der Waals surface area (Å²) in [4.78, 5) is 42.8. The number of aromatic amines is 1. The lowest BCUT2D eigenvalue weighted by atomic mass is 10.0. The van der Waals surface area contributed by atoms with Gasteiger partial charge in [-0.05, 0) is 34.6 Å². The Morgan fingerprint density at radius 1 is 1.27 bits per heavy atom. The molecule has 10 heteroatoms. The Kier molecular flexibility index (Phi) is 4.31. The average Bonchev–Trinajstić information content (AvgIpc) is 3.14. The minimum atomic E-state index is -1.35. The summed E-state index contributed by atoms with van der Waals surface area (Å²) in [7, 11) is 0. The lowest BCUT2D eigenvalue weighted by molar-refractivity contribution is -0.129. The second-order valence-corrected chi connectivity index (χ2v) is 7.81. The molecule has 0 fully saturated rings. The van der Waals surface area contributed by atoms with E-state index in [1.165, 1.54) is 28.5 Å². The molecule has 0 aliphatic carbocycles. The highest BCUT2D eigenvalue weighted by molar-refractivity contribution is 7.21. The molecule has 1 amide bonds. The maximum Gasteiger partial charge on any atom is 0.330 e. The van der Waals surface area contributed by atoms with Crippen molar-refractivity contribution in [2.45, 2.75) is 46.2 Å². The first-order valence-corrected chi connectivity index (χ1v) is 8.92. The number of fused-ring (bicyclic) bond motifs is 1. The van der Waals surface area contributed by atoms with Crippen LogP contribution < -0.4 is 16.6 Å². The zero-order valence-electron chi connectivity index (χ0n) is 15.2. The van der Waals surface area contributed by atoms with Gasteiger partial charge in [-0.2, -0.15) is 10.2 Å². The van der Waals surface area contributed by atoms with Crippen LogP contribution in [0.2, 0.25) is 0 Å². The molecule has 0 atom stereocenters. The molecule has 3 aromatic heterocycles. The van der Waals surface area contributed by atoms with Crippen molar-refractivity contribution in [3.8, 4) is 5.00 Å². The third-order valence-corrected chi connectivity index (χ3v) is 5.27. The van der Waals surface area contributed by atoms with Crippen LogP contribution in [0.4, 0.5) is 0 Å². The Morgan fingerprint density at radius 3 is 2.46 bits per heavy atom. The highest BCUT2D eigenvalue weighted by atomic mass is 32.1. The second-order valence-electron chi connectivity index (χ2n) is 6.81. The van der Waals surface area contributed by atoms with E-state index in [0.29, 0.717) is 20.8 Å². The van der Waals surface area contributed by atoms with Crippen molar-refractivity contribution < 1.29 is 4.79 Å². The molecular weight excluding hydrogens is 356 g/mol. The van der Waals surface area contributed by atoms with Crippen LogP contribution in [0.15, 0.2) is 22.0 Å². The summed E-state index contributed by atoms with van der Waals surface area (Å²) in [5, 5.41) is 11.9. The molecule has 3 heterocycles. The van der Waals surface area contributed by atoms with Crippen LogP contribution in [0, 0.1) is 6.92 Å². The van der Waals surface area contributed by atoms with Crippen molar-refractivity contribution in [3.05, 3.63) is 38.8 Å². The standard InChI is InChI=1S/C16H20N6O3S/c1-8(2)19-14(24)16(4,5)21-12(23)10-9(3)13(22-17-6-7-18-22)26-11(10)20-15(21)25/h6-8H,1-5H3,(H,19,24)(H,20,25). The summed E-state index contributed by atoms with van der Waals surface area (Å²) in [6.45, 7) is 8.49. The number of carbonyl (C=O) groups is 1. The summed E-state index contributed by atoms with van der Waals surface area (Å²) < 4.78 is 0.965. The minimum Gasteiger partial charge on any atom is -0.352 e. The van der Waals surface area contributed by atoms with Gasteiger partial charge in [0.15, 0.2) is 0 Å². The SMILES string of the molecule is Cc1c(-n2nccn2)sc2[nH]c(=O)n(C(C)(C)C(=O)NC(C)C)c(=O)c12. The maximum absolute atomic E-state index is 13.1. The molecule has 0 unspecified atom stereocenters. The Balaban J connectivity index is 2.26. The van der Waals surface area contributed by atoms with Gasteiger partial charge in [0.05, 0.1) is 17.8 Å². The van der Waals surface area contributed by atoms with Crippen molar-refractivity contribution in [3.63, 3.8) is 0 Å². The number of hydrogen-bond donors (Lipinski definition) is 2. The fourth-order valence-electron chi connectivity index (χ4n) is 2.76. The third kappa shape index (κ3) is 2.75. The van der Waals surface area contributed by atoms with Crippen molar-refractivity contribution in [2.75, 3.05) is 0 Å². The molecule has 9 nitrogen and oxygen atoms in total. The fraction of sp³-hybridized carbons (Fsp3) is 0.438. The number of nitrogens with one attached hydrogen (secondary N) is 2. The summed E-state index contributed by atoms with van der Waals surface area (Å²) in [6, 6.07) is -0.110. The molecule has 0 aliphatic heterocycles. The van der Waals surface area contributed by atoms with E-state index in [1.807, 2.05) is 13.8 Å². The van der Waals surface area contributed by atoms with Crippen molar-refractivity contribution >= 4 is 27.5 Å². The fourth-order valence-corrected chi connectivity index (χ4v) is 3.87. The van der Waals surface area contributed by atoms with Gasteiger partial charge >= 0.3 is 5.69 Å². The van der Waals surface area contributed by atoms with Gasteiger partial charge < -0.3 is 5.32 Å². The Bertz CT molecular complexity index is 1090. The van der Waals surface area contributed by atoms with Crippen LogP contribution >= 0.6 is 11.3 Å². The van der Waals surface area contributed by atoms with E-state index in [0.717, 1.165) is 4.57 Å². The molecule has 3 aromatic rings. The lowest BCUT2D eigenvalue weighted by Crippen LogP contribution is -2.55. The second kappa shape index (κ2) is 6.20. The lowest BCUT2D eigenvalue weighted by Gasteiger charge is -2.26. The first-order chi connectivity index (χ1) is 12.1. The molecule has 0 aliphatic rings. The number of amides is 1. The molecule has 26 heavy (non-hydrogen) atoms. The Morgan fingerprint density at radius 2 is 1.88 bits per heavy atom. The van der Waals surface area contributed by atoms with E-state index in [-0.39, 0.29) is 6.04 Å². The number of hydrogen-bond acceptors (Lipinski definition) is 6. The predicted molar refractivity (Wildman–Crippen MR) is 99.0 cm³/mol. The molecule has 138 valence electrons. The largest absolute Gasteiger partial charge is 0.352 e. The summed E-state index contributed by atoms with van der Waals surface area (Å²) in [5.74, 6) is -0.402. The van der Waals surface area contributed by atoms with Crippen LogP contribution in [0.25, 0.3) is 15.2 Å². The highest BCUT2D eigenvalue weighted by Gasteiger charge is 2.34. The van der Waals surface area contributed by atoms with E-state index in [1.54, 1.807) is 20.8 Å². The molecule has 0 radical (unpaired) electrons. The number of aromatic nitrogens is 5. The molecule has 0 saturated heterocycles. The molecule has 0 bridgehead atoms.